The van der Waals surface area contributed by atoms with Crippen LogP contribution in [-0.4, -0.2) is 10.6 Å². The molecular weight excluding hydrogens is 234 g/mol. The number of hydrogen-bond acceptors (Lipinski definition) is 2. The van der Waals surface area contributed by atoms with E-state index >= 15 is 0 Å². The summed E-state index contributed by atoms with van der Waals surface area (Å²) in [6, 6.07) is 4.83. The van der Waals surface area contributed by atoms with E-state index < -0.39 is 0 Å². The predicted octanol–water partition coefficient (Wildman–Crippen LogP) is 3.26. The van der Waals surface area contributed by atoms with Gasteiger partial charge in [-0.1, -0.05) is 19.3 Å². The van der Waals surface area contributed by atoms with E-state index in [4.69, 9.17) is 5.26 Å². The number of rotatable bonds is 4. The third-order valence-corrected chi connectivity index (χ3v) is 4.73. The van der Waals surface area contributed by atoms with Crippen molar-refractivity contribution in [1.82, 2.24) is 9.88 Å². The minimum Gasteiger partial charge on any atom is -0.340 e. The second-order valence-corrected chi connectivity index (χ2v) is 5.88. The lowest BCUT2D eigenvalue weighted by atomic mass is 9.84. The molecule has 1 aliphatic carbocycles. The monoisotopic (exact) mass is 259 g/mol. The Balaban J connectivity index is 1.93. The van der Waals surface area contributed by atoms with E-state index in [-0.39, 0.29) is 0 Å². The van der Waals surface area contributed by atoms with Crippen molar-refractivity contribution in [1.29, 1.82) is 5.26 Å². The zero-order valence-electron chi connectivity index (χ0n) is 12.4. The molecule has 3 heteroatoms. The van der Waals surface area contributed by atoms with Crippen LogP contribution in [-0.2, 0) is 13.6 Å². The Hall–Kier alpha value is -1.27. The van der Waals surface area contributed by atoms with Gasteiger partial charge in [-0.15, -0.1) is 0 Å². The summed E-state index contributed by atoms with van der Waals surface area (Å²) in [7, 11) is 1.96. The number of hydrogen-bond donors (Lipinski definition) is 1. The maximum absolute atomic E-state index is 9.05. The Morgan fingerprint density at radius 1 is 1.42 bits per heavy atom. The molecule has 1 N–H and O–H groups in total. The zero-order valence-corrected chi connectivity index (χ0v) is 12.4. The minimum atomic E-state index is 0.574. The highest BCUT2D eigenvalue weighted by molar-refractivity contribution is 5.34. The average Bonchev–Trinajstić information content (AvgIpc) is 2.73. The highest BCUT2D eigenvalue weighted by atomic mass is 15.0. The molecule has 0 aromatic carbocycles. The van der Waals surface area contributed by atoms with E-state index in [0.717, 1.165) is 18.2 Å². The van der Waals surface area contributed by atoms with Gasteiger partial charge in [0.15, 0.2) is 0 Å². The second-order valence-electron chi connectivity index (χ2n) is 5.88. The molecule has 1 heterocycles. The lowest BCUT2D eigenvalue weighted by molar-refractivity contribution is 0.280. The molecular formula is C16H25N3. The van der Waals surface area contributed by atoms with Crippen LogP contribution < -0.4 is 5.32 Å². The number of nitrogens with one attached hydrogen (secondary N) is 1. The third-order valence-electron chi connectivity index (χ3n) is 4.73. The summed E-state index contributed by atoms with van der Waals surface area (Å²) in [6.07, 6.45) is 6.92. The van der Waals surface area contributed by atoms with Gasteiger partial charge in [-0.2, -0.15) is 5.26 Å². The summed E-state index contributed by atoms with van der Waals surface area (Å²) >= 11 is 0. The van der Waals surface area contributed by atoms with Gasteiger partial charge in [-0.05, 0) is 44.2 Å². The Labute approximate surface area is 116 Å². The summed E-state index contributed by atoms with van der Waals surface area (Å²) in [5.74, 6) is 0.827. The molecule has 0 saturated heterocycles. The van der Waals surface area contributed by atoms with Crippen molar-refractivity contribution in [3.05, 3.63) is 23.0 Å². The van der Waals surface area contributed by atoms with Crippen LogP contribution in [0.4, 0.5) is 0 Å². The van der Waals surface area contributed by atoms with Crippen LogP contribution in [0, 0.1) is 24.2 Å². The van der Waals surface area contributed by atoms with Crippen LogP contribution in [0.2, 0.25) is 0 Å². The van der Waals surface area contributed by atoms with Gasteiger partial charge in [-0.25, -0.2) is 0 Å². The van der Waals surface area contributed by atoms with Gasteiger partial charge in [0.1, 0.15) is 11.8 Å². The highest BCUT2D eigenvalue weighted by Crippen LogP contribution is 2.26. The van der Waals surface area contributed by atoms with Gasteiger partial charge in [-0.3, -0.25) is 0 Å². The first-order valence-electron chi connectivity index (χ1n) is 7.42. The molecule has 1 fully saturated rings. The van der Waals surface area contributed by atoms with E-state index in [1.54, 1.807) is 0 Å². The maximum atomic E-state index is 9.05. The molecule has 0 bridgehead atoms. The minimum absolute atomic E-state index is 0.574. The summed E-state index contributed by atoms with van der Waals surface area (Å²) < 4.78 is 1.97. The van der Waals surface area contributed by atoms with Crippen LogP contribution >= 0.6 is 0 Å². The van der Waals surface area contributed by atoms with Crippen molar-refractivity contribution in [3.8, 4) is 6.07 Å². The average molecular weight is 259 g/mol. The number of nitriles is 1. The SMILES string of the molecule is Cc1c(CN[C@H](C)C2CCCCC2)cc(C#N)n1C. The fraction of sp³-hybridized carbons (Fsp3) is 0.688. The molecule has 1 aromatic heterocycles. The molecule has 2 rings (SSSR count). The summed E-state index contributed by atoms with van der Waals surface area (Å²) in [4.78, 5) is 0. The lowest BCUT2D eigenvalue weighted by Crippen LogP contribution is -2.34. The van der Waals surface area contributed by atoms with Crippen molar-refractivity contribution in [3.63, 3.8) is 0 Å². The summed E-state index contributed by atoms with van der Waals surface area (Å²) in [6.45, 7) is 5.27. The van der Waals surface area contributed by atoms with E-state index in [9.17, 15) is 0 Å². The molecule has 19 heavy (non-hydrogen) atoms. The predicted molar refractivity (Wildman–Crippen MR) is 77.7 cm³/mol. The number of nitrogens with zero attached hydrogens (tertiary/aromatic N) is 2. The normalized spacial score (nSPS) is 18.2. The standard InChI is InChI=1S/C16H25N3/c1-12(14-7-5-4-6-8-14)18-11-15-9-16(10-17)19(3)13(15)2/h9,12,14,18H,4-8,11H2,1-3H3/t12-/m1/s1. The molecule has 0 radical (unpaired) electrons. The van der Waals surface area contributed by atoms with Crippen LogP contribution in [0.5, 0.6) is 0 Å². The highest BCUT2D eigenvalue weighted by Gasteiger charge is 2.20. The third kappa shape index (κ3) is 3.19. The second kappa shape index (κ2) is 6.25. The smallest absolute Gasteiger partial charge is 0.120 e. The fourth-order valence-corrected chi connectivity index (χ4v) is 3.12. The van der Waals surface area contributed by atoms with Crippen molar-refractivity contribution in [2.45, 2.75) is 58.5 Å². The van der Waals surface area contributed by atoms with E-state index in [1.165, 1.54) is 43.4 Å². The van der Waals surface area contributed by atoms with Gasteiger partial charge in [0.2, 0.25) is 0 Å². The topological polar surface area (TPSA) is 40.8 Å². The first-order chi connectivity index (χ1) is 9.13. The van der Waals surface area contributed by atoms with Gasteiger partial charge in [0.05, 0.1) is 0 Å². The van der Waals surface area contributed by atoms with Gasteiger partial charge < -0.3 is 9.88 Å². The lowest BCUT2D eigenvalue weighted by Gasteiger charge is -2.28. The van der Waals surface area contributed by atoms with Crippen molar-refractivity contribution < 1.29 is 0 Å². The van der Waals surface area contributed by atoms with Crippen molar-refractivity contribution >= 4 is 0 Å². The Morgan fingerprint density at radius 3 is 2.68 bits per heavy atom. The molecule has 1 saturated carbocycles. The zero-order chi connectivity index (χ0) is 13.8. The molecule has 0 aliphatic heterocycles. The van der Waals surface area contributed by atoms with Gasteiger partial charge in [0.25, 0.3) is 0 Å². The molecule has 0 unspecified atom stereocenters. The fourth-order valence-electron chi connectivity index (χ4n) is 3.12. The molecule has 0 amide bonds. The van der Waals surface area contributed by atoms with Gasteiger partial charge in [0, 0.05) is 25.3 Å². The van der Waals surface area contributed by atoms with Crippen LogP contribution in [0.3, 0.4) is 0 Å². The van der Waals surface area contributed by atoms with Crippen molar-refractivity contribution in [2.24, 2.45) is 13.0 Å². The summed E-state index contributed by atoms with van der Waals surface area (Å²) in [5.41, 5.74) is 3.20. The molecule has 0 spiro atoms. The molecule has 1 aromatic rings. The quantitative estimate of drug-likeness (QED) is 0.901. The largest absolute Gasteiger partial charge is 0.340 e. The first-order valence-corrected chi connectivity index (χ1v) is 7.42. The maximum Gasteiger partial charge on any atom is 0.120 e. The molecule has 3 nitrogen and oxygen atoms in total. The Morgan fingerprint density at radius 2 is 2.11 bits per heavy atom. The molecule has 1 atom stereocenters. The Kier molecular flexibility index (Phi) is 4.66. The Bertz CT molecular complexity index is 461. The van der Waals surface area contributed by atoms with Crippen molar-refractivity contribution in [2.75, 3.05) is 0 Å². The first kappa shape index (κ1) is 14.1. The van der Waals surface area contributed by atoms with E-state index in [0.29, 0.717) is 6.04 Å². The van der Waals surface area contributed by atoms with Crippen LogP contribution in [0.1, 0.15) is 56.0 Å². The van der Waals surface area contributed by atoms with Gasteiger partial charge >= 0.3 is 0 Å². The van der Waals surface area contributed by atoms with E-state index in [1.807, 2.05) is 17.7 Å². The molecule has 104 valence electrons. The molecule has 1 aliphatic rings. The van der Waals surface area contributed by atoms with Crippen LogP contribution in [0.25, 0.3) is 0 Å². The summed E-state index contributed by atoms with van der Waals surface area (Å²) in [5, 5.41) is 12.7. The number of aromatic nitrogens is 1. The van der Waals surface area contributed by atoms with Crippen LogP contribution in [0.15, 0.2) is 6.07 Å². The van der Waals surface area contributed by atoms with E-state index in [2.05, 4.69) is 25.2 Å².